The fourth-order valence-electron chi connectivity index (χ4n) is 1.72. The molecular weight excluding hydrogens is 273 g/mol. The van der Waals surface area contributed by atoms with Crippen LogP contribution >= 0.6 is 27.5 Å². The smallest absolute Gasteiger partial charge is 0.0410 e. The highest BCUT2D eigenvalue weighted by molar-refractivity contribution is 9.10. The van der Waals surface area contributed by atoms with E-state index in [1.54, 1.807) is 0 Å². The Bertz CT molecular complexity index is 302. The second-order valence-electron chi connectivity index (χ2n) is 4.03. The highest BCUT2D eigenvalue weighted by Crippen LogP contribution is 2.32. The van der Waals surface area contributed by atoms with Crippen LogP contribution in [-0.4, -0.2) is 10.9 Å². The number of rotatable bonds is 5. The third-order valence-corrected chi connectivity index (χ3v) is 4.12. The van der Waals surface area contributed by atoms with Gasteiger partial charge >= 0.3 is 0 Å². The van der Waals surface area contributed by atoms with Crippen molar-refractivity contribution in [3.63, 3.8) is 0 Å². The van der Waals surface area contributed by atoms with E-state index in [0.29, 0.717) is 5.88 Å². The van der Waals surface area contributed by atoms with Crippen LogP contribution in [0.3, 0.4) is 0 Å². The number of halogens is 2. The summed E-state index contributed by atoms with van der Waals surface area (Å²) >= 11 is 9.52. The van der Waals surface area contributed by atoms with Gasteiger partial charge < -0.3 is 0 Å². The molecule has 0 bridgehead atoms. The van der Waals surface area contributed by atoms with E-state index in [2.05, 4.69) is 40.8 Å². The predicted molar refractivity (Wildman–Crippen MR) is 69.4 cm³/mol. The van der Waals surface area contributed by atoms with Gasteiger partial charge in [0.1, 0.15) is 0 Å². The molecule has 0 spiro atoms. The molecule has 0 aromatic carbocycles. The summed E-state index contributed by atoms with van der Waals surface area (Å²) in [5.74, 6) is 0.715. The van der Waals surface area contributed by atoms with E-state index in [1.807, 2.05) is 12.4 Å². The quantitative estimate of drug-likeness (QED) is 0.731. The first-order valence-electron chi connectivity index (χ1n) is 5.31. The summed E-state index contributed by atoms with van der Waals surface area (Å²) in [7, 11) is 0. The Morgan fingerprint density at radius 3 is 2.47 bits per heavy atom. The Balaban J connectivity index is 2.82. The van der Waals surface area contributed by atoms with Gasteiger partial charge in [-0.05, 0) is 52.2 Å². The van der Waals surface area contributed by atoms with Crippen molar-refractivity contribution in [1.82, 2.24) is 4.98 Å². The fraction of sp³-hybridized carbons (Fsp3) is 0.583. The van der Waals surface area contributed by atoms with Crippen molar-refractivity contribution in [2.75, 3.05) is 5.88 Å². The lowest BCUT2D eigenvalue weighted by molar-refractivity contribution is 0.301. The normalized spacial score (nSPS) is 11.7. The van der Waals surface area contributed by atoms with Crippen LogP contribution in [-0.2, 0) is 6.42 Å². The third-order valence-electron chi connectivity index (χ3n) is 3.12. The lowest BCUT2D eigenvalue weighted by Crippen LogP contribution is -2.24. The molecule has 0 saturated heterocycles. The van der Waals surface area contributed by atoms with Crippen LogP contribution in [0.1, 0.15) is 32.3 Å². The molecule has 0 amide bonds. The molecule has 0 radical (unpaired) electrons. The van der Waals surface area contributed by atoms with Gasteiger partial charge in [-0.25, -0.2) is 0 Å². The first kappa shape index (κ1) is 13.0. The maximum absolute atomic E-state index is 6.08. The zero-order chi connectivity index (χ0) is 11.3. The van der Waals surface area contributed by atoms with E-state index < -0.39 is 0 Å². The Hall–Kier alpha value is -0.0800. The Morgan fingerprint density at radius 2 is 2.00 bits per heavy atom. The zero-order valence-corrected chi connectivity index (χ0v) is 11.6. The molecular formula is C12H17BrClN. The summed E-state index contributed by atoms with van der Waals surface area (Å²) in [4.78, 5) is 4.18. The molecule has 1 aromatic rings. The van der Waals surface area contributed by atoms with E-state index in [4.69, 9.17) is 11.6 Å². The molecule has 0 atom stereocenters. The lowest BCUT2D eigenvalue weighted by atomic mass is 9.79. The Kier molecular flexibility index (Phi) is 5.07. The number of hydrogen-bond acceptors (Lipinski definition) is 1. The SMILES string of the molecule is CCC(CC)(CCl)Cc1cncc(Br)c1. The van der Waals surface area contributed by atoms with Crippen LogP contribution < -0.4 is 0 Å². The largest absolute Gasteiger partial charge is 0.263 e. The number of aromatic nitrogens is 1. The molecule has 0 unspecified atom stereocenters. The minimum atomic E-state index is 0.226. The molecule has 0 fully saturated rings. The molecule has 1 nitrogen and oxygen atoms in total. The monoisotopic (exact) mass is 289 g/mol. The van der Waals surface area contributed by atoms with Crippen molar-refractivity contribution in [3.8, 4) is 0 Å². The minimum absolute atomic E-state index is 0.226. The van der Waals surface area contributed by atoms with Crippen LogP contribution in [0.15, 0.2) is 22.9 Å². The summed E-state index contributed by atoms with van der Waals surface area (Å²) in [5, 5.41) is 0. The number of hydrogen-bond donors (Lipinski definition) is 0. The van der Waals surface area contributed by atoms with E-state index in [0.717, 1.165) is 23.7 Å². The summed E-state index contributed by atoms with van der Waals surface area (Å²) in [6.07, 6.45) is 6.97. The van der Waals surface area contributed by atoms with Gasteiger partial charge in [0.2, 0.25) is 0 Å². The van der Waals surface area contributed by atoms with Gasteiger partial charge in [-0.1, -0.05) is 13.8 Å². The summed E-state index contributed by atoms with van der Waals surface area (Å²) in [6, 6.07) is 2.12. The fourth-order valence-corrected chi connectivity index (χ4v) is 2.61. The van der Waals surface area contributed by atoms with Gasteiger partial charge in [-0.2, -0.15) is 0 Å². The van der Waals surface area contributed by atoms with Crippen LogP contribution in [0, 0.1) is 5.41 Å². The summed E-state index contributed by atoms with van der Waals surface area (Å²) in [5.41, 5.74) is 1.48. The molecule has 0 aliphatic carbocycles. The first-order valence-corrected chi connectivity index (χ1v) is 6.64. The van der Waals surface area contributed by atoms with Gasteiger partial charge in [0, 0.05) is 22.7 Å². The third kappa shape index (κ3) is 3.46. The van der Waals surface area contributed by atoms with Crippen molar-refractivity contribution in [3.05, 3.63) is 28.5 Å². The molecule has 0 aliphatic rings. The van der Waals surface area contributed by atoms with Gasteiger partial charge in [0.15, 0.2) is 0 Å². The molecule has 0 saturated carbocycles. The van der Waals surface area contributed by atoms with Gasteiger partial charge in [0.25, 0.3) is 0 Å². The minimum Gasteiger partial charge on any atom is -0.263 e. The van der Waals surface area contributed by atoms with Gasteiger partial charge in [-0.3, -0.25) is 4.98 Å². The second kappa shape index (κ2) is 5.86. The second-order valence-corrected chi connectivity index (χ2v) is 5.21. The van der Waals surface area contributed by atoms with E-state index in [1.165, 1.54) is 5.56 Å². The van der Waals surface area contributed by atoms with Crippen molar-refractivity contribution in [1.29, 1.82) is 0 Å². The van der Waals surface area contributed by atoms with Gasteiger partial charge in [-0.15, -0.1) is 11.6 Å². The number of alkyl halides is 1. The number of pyridine rings is 1. The lowest BCUT2D eigenvalue weighted by Gasteiger charge is -2.29. The van der Waals surface area contributed by atoms with Crippen molar-refractivity contribution >= 4 is 27.5 Å². The highest BCUT2D eigenvalue weighted by Gasteiger charge is 2.25. The molecule has 1 rings (SSSR count). The maximum Gasteiger partial charge on any atom is 0.0410 e. The molecule has 3 heteroatoms. The topological polar surface area (TPSA) is 12.9 Å². The van der Waals surface area contributed by atoms with Crippen LogP contribution in [0.25, 0.3) is 0 Å². The summed E-state index contributed by atoms with van der Waals surface area (Å²) in [6.45, 7) is 4.41. The molecule has 0 N–H and O–H groups in total. The molecule has 15 heavy (non-hydrogen) atoms. The highest BCUT2D eigenvalue weighted by atomic mass is 79.9. The van der Waals surface area contributed by atoms with Crippen molar-refractivity contribution in [2.45, 2.75) is 33.1 Å². The van der Waals surface area contributed by atoms with E-state index in [-0.39, 0.29) is 5.41 Å². The Labute approximate surface area is 105 Å². The average molecular weight is 291 g/mol. The average Bonchev–Trinajstić information content (AvgIpc) is 2.26. The first-order chi connectivity index (χ1) is 7.15. The molecule has 0 aliphatic heterocycles. The van der Waals surface area contributed by atoms with E-state index >= 15 is 0 Å². The van der Waals surface area contributed by atoms with Crippen LogP contribution in [0.4, 0.5) is 0 Å². The summed E-state index contributed by atoms with van der Waals surface area (Å²) < 4.78 is 1.04. The Morgan fingerprint density at radius 1 is 1.33 bits per heavy atom. The molecule has 1 heterocycles. The van der Waals surface area contributed by atoms with Crippen molar-refractivity contribution in [2.24, 2.45) is 5.41 Å². The standard InChI is InChI=1S/C12H17BrClN/c1-3-12(4-2,9-14)6-10-5-11(13)8-15-7-10/h5,7-8H,3-4,6,9H2,1-2H3. The molecule has 1 aromatic heterocycles. The molecule has 84 valence electrons. The maximum atomic E-state index is 6.08. The zero-order valence-electron chi connectivity index (χ0n) is 9.26. The van der Waals surface area contributed by atoms with E-state index in [9.17, 15) is 0 Å². The van der Waals surface area contributed by atoms with Crippen molar-refractivity contribution < 1.29 is 0 Å². The number of nitrogens with zero attached hydrogens (tertiary/aromatic N) is 1. The van der Waals surface area contributed by atoms with Crippen LogP contribution in [0.2, 0.25) is 0 Å². The predicted octanol–water partition coefficient (Wildman–Crippen LogP) is 4.43. The van der Waals surface area contributed by atoms with Crippen LogP contribution in [0.5, 0.6) is 0 Å². The van der Waals surface area contributed by atoms with Gasteiger partial charge in [0.05, 0.1) is 0 Å².